The number of amides is 1. The van der Waals surface area contributed by atoms with Crippen molar-refractivity contribution in [3.63, 3.8) is 0 Å². The van der Waals surface area contributed by atoms with Gasteiger partial charge in [-0.15, -0.1) is 11.6 Å². The minimum atomic E-state index is -4.47. The second-order valence-electron chi connectivity index (χ2n) is 4.10. The number of ether oxygens (including phenoxy) is 2. The summed E-state index contributed by atoms with van der Waals surface area (Å²) in [4.78, 5) is 12.7. The van der Waals surface area contributed by atoms with Gasteiger partial charge < -0.3 is 14.4 Å². The fourth-order valence-corrected chi connectivity index (χ4v) is 1.99. The quantitative estimate of drug-likeness (QED) is 0.803. The van der Waals surface area contributed by atoms with E-state index in [0.717, 1.165) is 0 Å². The summed E-state index contributed by atoms with van der Waals surface area (Å²) in [7, 11) is 0. The van der Waals surface area contributed by atoms with Gasteiger partial charge in [0.1, 0.15) is 6.54 Å². The molecule has 1 heterocycles. The number of alkyl halides is 4. The number of hydrogen-bond donors (Lipinski definition) is 0. The van der Waals surface area contributed by atoms with Crippen LogP contribution in [0.5, 0.6) is 11.5 Å². The molecular weight excluding hydrogens is 299 g/mol. The smallest absolute Gasteiger partial charge is 0.406 e. The molecule has 0 bridgehead atoms. The van der Waals surface area contributed by atoms with Crippen LogP contribution in [0.1, 0.15) is 10.4 Å². The molecule has 0 saturated carbocycles. The fraction of sp³-hybridized carbons (Fsp3) is 0.417. The SMILES string of the molecule is O=C(c1ccc2c(c1)OCO2)N(CCCl)CC(F)(F)F. The summed E-state index contributed by atoms with van der Waals surface area (Å²) in [5, 5.41) is 0. The van der Waals surface area contributed by atoms with E-state index in [1.165, 1.54) is 18.2 Å². The first-order valence-corrected chi connectivity index (χ1v) is 6.26. The van der Waals surface area contributed by atoms with Crippen LogP contribution in [0.2, 0.25) is 0 Å². The van der Waals surface area contributed by atoms with Gasteiger partial charge in [-0.05, 0) is 18.2 Å². The average Bonchev–Trinajstić information content (AvgIpc) is 2.83. The summed E-state index contributed by atoms with van der Waals surface area (Å²) in [6.45, 7) is -1.50. The minimum Gasteiger partial charge on any atom is -0.454 e. The highest BCUT2D eigenvalue weighted by Gasteiger charge is 2.33. The Morgan fingerprint density at radius 2 is 2.00 bits per heavy atom. The van der Waals surface area contributed by atoms with Gasteiger partial charge in [0.15, 0.2) is 11.5 Å². The summed E-state index contributed by atoms with van der Waals surface area (Å²) in [6, 6.07) is 4.25. The lowest BCUT2D eigenvalue weighted by atomic mass is 10.1. The van der Waals surface area contributed by atoms with Gasteiger partial charge >= 0.3 is 6.18 Å². The van der Waals surface area contributed by atoms with E-state index >= 15 is 0 Å². The molecule has 0 atom stereocenters. The standard InChI is InChI=1S/C12H11ClF3NO3/c13-3-4-17(6-12(14,15)16)11(18)8-1-2-9-10(5-8)20-7-19-9/h1-2,5H,3-4,6-7H2. The Morgan fingerprint density at radius 1 is 1.30 bits per heavy atom. The van der Waals surface area contributed by atoms with Gasteiger partial charge in [0.25, 0.3) is 5.91 Å². The molecule has 1 aromatic rings. The number of nitrogens with zero attached hydrogens (tertiary/aromatic N) is 1. The van der Waals surface area contributed by atoms with Crippen molar-refractivity contribution in [2.75, 3.05) is 25.8 Å². The van der Waals surface area contributed by atoms with Gasteiger partial charge in [0, 0.05) is 18.0 Å². The van der Waals surface area contributed by atoms with Crippen LogP contribution >= 0.6 is 11.6 Å². The zero-order valence-corrected chi connectivity index (χ0v) is 11.0. The molecule has 0 aliphatic carbocycles. The lowest BCUT2D eigenvalue weighted by molar-refractivity contribution is -0.140. The Hall–Kier alpha value is -1.63. The first-order chi connectivity index (χ1) is 9.40. The fourth-order valence-electron chi connectivity index (χ4n) is 1.78. The Kier molecular flexibility index (Phi) is 4.27. The summed E-state index contributed by atoms with van der Waals surface area (Å²) in [5.41, 5.74) is 0.101. The van der Waals surface area contributed by atoms with Gasteiger partial charge in [0.05, 0.1) is 0 Å². The van der Waals surface area contributed by atoms with Crippen LogP contribution in [0, 0.1) is 0 Å². The highest BCUT2D eigenvalue weighted by atomic mass is 35.5. The molecule has 0 unspecified atom stereocenters. The molecule has 1 aliphatic heterocycles. The van der Waals surface area contributed by atoms with Crippen LogP contribution in [0.15, 0.2) is 18.2 Å². The second kappa shape index (κ2) is 5.78. The Balaban J connectivity index is 2.18. The van der Waals surface area contributed by atoms with Gasteiger partial charge in [0.2, 0.25) is 6.79 Å². The van der Waals surface area contributed by atoms with Gasteiger partial charge in [-0.25, -0.2) is 0 Å². The van der Waals surface area contributed by atoms with Crippen LogP contribution in [0.3, 0.4) is 0 Å². The summed E-state index contributed by atoms with van der Waals surface area (Å²) in [5.74, 6) is -0.0250. The Labute approximate surface area is 118 Å². The van der Waals surface area contributed by atoms with Crippen LogP contribution in [0.25, 0.3) is 0 Å². The van der Waals surface area contributed by atoms with Crippen LogP contribution in [0.4, 0.5) is 13.2 Å². The molecule has 0 N–H and O–H groups in total. The van der Waals surface area contributed by atoms with Crippen LogP contribution in [-0.2, 0) is 0 Å². The maximum absolute atomic E-state index is 12.4. The van der Waals surface area contributed by atoms with E-state index in [9.17, 15) is 18.0 Å². The zero-order valence-electron chi connectivity index (χ0n) is 10.2. The van der Waals surface area contributed by atoms with Crippen LogP contribution < -0.4 is 9.47 Å². The third-order valence-corrected chi connectivity index (χ3v) is 2.80. The van der Waals surface area contributed by atoms with Crippen molar-refractivity contribution in [3.8, 4) is 11.5 Å². The normalized spacial score (nSPS) is 13.4. The molecule has 1 aromatic carbocycles. The van der Waals surface area contributed by atoms with Crippen molar-refractivity contribution in [2.24, 2.45) is 0 Å². The van der Waals surface area contributed by atoms with Crippen molar-refractivity contribution < 1.29 is 27.4 Å². The third-order valence-electron chi connectivity index (χ3n) is 2.63. The number of fused-ring (bicyclic) bond motifs is 1. The topological polar surface area (TPSA) is 38.8 Å². The molecule has 20 heavy (non-hydrogen) atoms. The number of carbonyl (C=O) groups is 1. The summed E-state index contributed by atoms with van der Waals surface area (Å²) in [6.07, 6.45) is -4.47. The van der Waals surface area contributed by atoms with E-state index in [4.69, 9.17) is 21.1 Å². The van der Waals surface area contributed by atoms with Crippen molar-refractivity contribution in [3.05, 3.63) is 23.8 Å². The molecule has 8 heteroatoms. The molecule has 0 radical (unpaired) electrons. The lowest BCUT2D eigenvalue weighted by Gasteiger charge is -2.23. The van der Waals surface area contributed by atoms with Crippen molar-refractivity contribution in [1.29, 1.82) is 0 Å². The molecular formula is C12H11ClF3NO3. The number of carbonyl (C=O) groups excluding carboxylic acids is 1. The molecule has 1 amide bonds. The number of hydrogen-bond acceptors (Lipinski definition) is 3. The largest absolute Gasteiger partial charge is 0.454 e. The molecule has 0 spiro atoms. The van der Waals surface area contributed by atoms with Crippen molar-refractivity contribution in [2.45, 2.75) is 6.18 Å². The Morgan fingerprint density at radius 3 is 2.65 bits per heavy atom. The van der Waals surface area contributed by atoms with Gasteiger partial charge in [-0.1, -0.05) is 0 Å². The van der Waals surface area contributed by atoms with Gasteiger partial charge in [-0.3, -0.25) is 4.79 Å². The molecule has 0 saturated heterocycles. The second-order valence-corrected chi connectivity index (χ2v) is 4.48. The number of rotatable bonds is 4. The average molecular weight is 310 g/mol. The first kappa shape index (κ1) is 14.8. The molecule has 2 rings (SSSR count). The van der Waals surface area contributed by atoms with E-state index in [0.29, 0.717) is 16.4 Å². The number of halogens is 4. The highest BCUT2D eigenvalue weighted by molar-refractivity contribution is 6.18. The van der Waals surface area contributed by atoms with E-state index in [2.05, 4.69) is 0 Å². The maximum Gasteiger partial charge on any atom is 0.406 e. The van der Waals surface area contributed by atoms with Gasteiger partial charge in [-0.2, -0.15) is 13.2 Å². The molecule has 110 valence electrons. The maximum atomic E-state index is 12.4. The summed E-state index contributed by atoms with van der Waals surface area (Å²) < 4.78 is 47.5. The lowest BCUT2D eigenvalue weighted by Crippen LogP contribution is -2.40. The van der Waals surface area contributed by atoms with E-state index in [-0.39, 0.29) is 24.8 Å². The molecule has 0 aromatic heterocycles. The van der Waals surface area contributed by atoms with E-state index in [1.54, 1.807) is 0 Å². The third kappa shape index (κ3) is 3.47. The monoisotopic (exact) mass is 309 g/mol. The predicted molar refractivity (Wildman–Crippen MR) is 65.2 cm³/mol. The predicted octanol–water partition coefficient (Wildman–Crippen LogP) is 2.66. The van der Waals surface area contributed by atoms with Crippen molar-refractivity contribution >= 4 is 17.5 Å². The van der Waals surface area contributed by atoms with E-state index < -0.39 is 18.6 Å². The zero-order chi connectivity index (χ0) is 14.8. The highest BCUT2D eigenvalue weighted by Crippen LogP contribution is 2.33. The molecule has 0 fully saturated rings. The van der Waals surface area contributed by atoms with Crippen molar-refractivity contribution in [1.82, 2.24) is 4.90 Å². The van der Waals surface area contributed by atoms with Crippen LogP contribution in [-0.4, -0.2) is 42.7 Å². The molecule has 1 aliphatic rings. The number of benzene rings is 1. The Bertz CT molecular complexity index is 507. The summed E-state index contributed by atoms with van der Waals surface area (Å²) >= 11 is 5.44. The first-order valence-electron chi connectivity index (χ1n) is 5.72. The minimum absolute atomic E-state index is 0.0287. The molecule has 4 nitrogen and oxygen atoms in total. The van der Waals surface area contributed by atoms with E-state index in [1.807, 2.05) is 0 Å².